The fourth-order valence-corrected chi connectivity index (χ4v) is 3.17. The molecule has 27 heavy (non-hydrogen) atoms. The van der Waals surface area contributed by atoms with Crippen LogP contribution >= 0.6 is 0 Å². The van der Waals surface area contributed by atoms with E-state index in [0.29, 0.717) is 6.42 Å². The molecule has 1 fully saturated rings. The standard InChI is InChI=1S/C21H31N3O3/c1-15(22)21(27)24-18(8-7-16-5-3-2-4-6-16)11-14-20(26)23-17-9-12-19(25)13-10-17/h2-6,11,14-15,17-19,25H,7-10,12-13,22H2,1H3,(H,23,26)(H,24,27)/b14-11+/t15-,17?,18-,19?/m0/s1. The molecule has 0 saturated heterocycles. The summed E-state index contributed by atoms with van der Waals surface area (Å²) in [7, 11) is 0. The first-order valence-corrected chi connectivity index (χ1v) is 9.70. The highest BCUT2D eigenvalue weighted by Gasteiger charge is 2.20. The molecular formula is C21H31N3O3. The molecule has 1 aliphatic rings. The number of amides is 2. The summed E-state index contributed by atoms with van der Waals surface area (Å²) in [5.41, 5.74) is 6.82. The van der Waals surface area contributed by atoms with Gasteiger partial charge < -0.3 is 21.5 Å². The topological polar surface area (TPSA) is 104 Å². The van der Waals surface area contributed by atoms with Crippen LogP contribution in [0, 0.1) is 0 Å². The average molecular weight is 373 g/mol. The van der Waals surface area contributed by atoms with Crippen molar-refractivity contribution in [3.63, 3.8) is 0 Å². The van der Waals surface area contributed by atoms with E-state index >= 15 is 0 Å². The molecule has 0 radical (unpaired) electrons. The lowest BCUT2D eigenvalue weighted by atomic mass is 9.93. The highest BCUT2D eigenvalue weighted by molar-refractivity contribution is 5.88. The van der Waals surface area contributed by atoms with Crippen LogP contribution in [0.3, 0.4) is 0 Å². The summed E-state index contributed by atoms with van der Waals surface area (Å²) in [5, 5.41) is 15.4. The molecule has 0 bridgehead atoms. The normalized spacial score (nSPS) is 22.2. The van der Waals surface area contributed by atoms with Gasteiger partial charge in [0.2, 0.25) is 11.8 Å². The Morgan fingerprint density at radius 1 is 1.22 bits per heavy atom. The Morgan fingerprint density at radius 2 is 1.89 bits per heavy atom. The van der Waals surface area contributed by atoms with Crippen LogP contribution in [0.5, 0.6) is 0 Å². The molecule has 148 valence electrons. The number of hydrogen-bond acceptors (Lipinski definition) is 4. The van der Waals surface area contributed by atoms with Crippen molar-refractivity contribution in [1.82, 2.24) is 10.6 Å². The van der Waals surface area contributed by atoms with Gasteiger partial charge in [0.15, 0.2) is 0 Å². The van der Waals surface area contributed by atoms with Crippen LogP contribution < -0.4 is 16.4 Å². The van der Waals surface area contributed by atoms with Gasteiger partial charge in [-0.05, 0) is 51.0 Å². The smallest absolute Gasteiger partial charge is 0.243 e. The molecular weight excluding hydrogens is 342 g/mol. The second kappa shape index (κ2) is 10.8. The predicted octanol–water partition coefficient (Wildman–Crippen LogP) is 1.43. The Hall–Kier alpha value is -2.18. The van der Waals surface area contributed by atoms with E-state index in [9.17, 15) is 14.7 Å². The van der Waals surface area contributed by atoms with Crippen molar-refractivity contribution >= 4 is 11.8 Å². The van der Waals surface area contributed by atoms with E-state index in [1.807, 2.05) is 30.3 Å². The number of aryl methyl sites for hydroxylation is 1. The van der Waals surface area contributed by atoms with Crippen LogP contribution in [0.4, 0.5) is 0 Å². The monoisotopic (exact) mass is 373 g/mol. The Bertz CT molecular complexity index is 623. The minimum atomic E-state index is -0.597. The van der Waals surface area contributed by atoms with Crippen molar-refractivity contribution in [2.75, 3.05) is 0 Å². The zero-order chi connectivity index (χ0) is 19.6. The van der Waals surface area contributed by atoms with E-state index in [1.54, 1.807) is 13.0 Å². The van der Waals surface area contributed by atoms with Gasteiger partial charge >= 0.3 is 0 Å². The van der Waals surface area contributed by atoms with E-state index in [1.165, 1.54) is 11.6 Å². The summed E-state index contributed by atoms with van der Waals surface area (Å²) in [4.78, 5) is 24.2. The number of hydrogen-bond donors (Lipinski definition) is 4. The summed E-state index contributed by atoms with van der Waals surface area (Å²) in [6, 6.07) is 9.25. The molecule has 1 aliphatic carbocycles. The van der Waals surface area contributed by atoms with Crippen LogP contribution in [0.1, 0.15) is 44.6 Å². The molecule has 1 aromatic carbocycles. The van der Waals surface area contributed by atoms with Gasteiger partial charge in [0, 0.05) is 18.2 Å². The molecule has 2 atom stereocenters. The fourth-order valence-electron chi connectivity index (χ4n) is 3.17. The van der Waals surface area contributed by atoms with Crippen molar-refractivity contribution in [1.29, 1.82) is 0 Å². The third-order valence-corrected chi connectivity index (χ3v) is 4.85. The van der Waals surface area contributed by atoms with E-state index in [0.717, 1.165) is 32.1 Å². The summed E-state index contributed by atoms with van der Waals surface area (Å²) in [5.74, 6) is -0.407. The molecule has 1 aromatic rings. The van der Waals surface area contributed by atoms with Gasteiger partial charge in [-0.3, -0.25) is 9.59 Å². The summed E-state index contributed by atoms with van der Waals surface area (Å²) in [6.45, 7) is 1.64. The fraction of sp³-hybridized carbons (Fsp3) is 0.524. The Balaban J connectivity index is 1.89. The van der Waals surface area contributed by atoms with E-state index in [2.05, 4.69) is 10.6 Å². The molecule has 0 aromatic heterocycles. The van der Waals surface area contributed by atoms with Crippen LogP contribution in [0.2, 0.25) is 0 Å². The first kappa shape index (κ1) is 21.1. The second-order valence-corrected chi connectivity index (χ2v) is 7.30. The van der Waals surface area contributed by atoms with Crippen molar-refractivity contribution in [2.45, 2.75) is 69.7 Å². The van der Waals surface area contributed by atoms with Gasteiger partial charge in [-0.15, -0.1) is 0 Å². The number of aliphatic hydroxyl groups is 1. The van der Waals surface area contributed by atoms with Crippen LogP contribution in [-0.4, -0.2) is 41.2 Å². The second-order valence-electron chi connectivity index (χ2n) is 7.30. The van der Waals surface area contributed by atoms with E-state index in [4.69, 9.17) is 5.73 Å². The first-order chi connectivity index (χ1) is 12.9. The first-order valence-electron chi connectivity index (χ1n) is 9.70. The Labute approximate surface area is 161 Å². The third kappa shape index (κ3) is 7.93. The number of rotatable bonds is 8. The number of nitrogens with one attached hydrogen (secondary N) is 2. The summed E-state index contributed by atoms with van der Waals surface area (Å²) < 4.78 is 0. The molecule has 0 unspecified atom stereocenters. The Morgan fingerprint density at radius 3 is 2.52 bits per heavy atom. The van der Waals surface area contributed by atoms with Gasteiger partial charge in [0.1, 0.15) is 0 Å². The maximum absolute atomic E-state index is 12.2. The SMILES string of the molecule is C[C@H](N)C(=O)N[C@H](/C=C/C(=O)NC1CCC(O)CC1)CCc1ccccc1. The average Bonchev–Trinajstić information content (AvgIpc) is 2.66. The van der Waals surface area contributed by atoms with Crippen LogP contribution in [-0.2, 0) is 16.0 Å². The van der Waals surface area contributed by atoms with Gasteiger partial charge in [0.05, 0.1) is 12.1 Å². The molecule has 2 rings (SSSR count). The molecule has 0 spiro atoms. The lowest BCUT2D eigenvalue weighted by molar-refractivity contribution is -0.122. The molecule has 0 aliphatic heterocycles. The molecule has 5 N–H and O–H groups in total. The number of nitrogens with two attached hydrogens (primary N) is 1. The van der Waals surface area contributed by atoms with Crippen LogP contribution in [0.25, 0.3) is 0 Å². The zero-order valence-corrected chi connectivity index (χ0v) is 15.9. The van der Waals surface area contributed by atoms with E-state index < -0.39 is 6.04 Å². The summed E-state index contributed by atoms with van der Waals surface area (Å²) >= 11 is 0. The van der Waals surface area contributed by atoms with Crippen LogP contribution in [0.15, 0.2) is 42.5 Å². The highest BCUT2D eigenvalue weighted by atomic mass is 16.3. The van der Waals surface area contributed by atoms with Crippen molar-refractivity contribution < 1.29 is 14.7 Å². The van der Waals surface area contributed by atoms with Gasteiger partial charge in [-0.2, -0.15) is 0 Å². The highest BCUT2D eigenvalue weighted by Crippen LogP contribution is 2.18. The van der Waals surface area contributed by atoms with Gasteiger partial charge in [-0.25, -0.2) is 0 Å². The number of aliphatic hydroxyl groups excluding tert-OH is 1. The lowest BCUT2D eigenvalue weighted by Gasteiger charge is -2.25. The molecule has 2 amide bonds. The zero-order valence-electron chi connectivity index (χ0n) is 15.9. The van der Waals surface area contributed by atoms with Gasteiger partial charge in [-0.1, -0.05) is 36.4 Å². The molecule has 0 heterocycles. The Kier molecular flexibility index (Phi) is 8.48. The summed E-state index contributed by atoms with van der Waals surface area (Å²) in [6.07, 6.45) is 7.47. The maximum atomic E-state index is 12.2. The lowest BCUT2D eigenvalue weighted by Crippen LogP contribution is -2.43. The minimum Gasteiger partial charge on any atom is -0.393 e. The number of benzene rings is 1. The maximum Gasteiger partial charge on any atom is 0.243 e. The molecule has 6 nitrogen and oxygen atoms in total. The largest absolute Gasteiger partial charge is 0.393 e. The van der Waals surface area contributed by atoms with E-state index in [-0.39, 0.29) is 30.0 Å². The number of carbonyl (C=O) groups excluding carboxylic acids is 2. The van der Waals surface area contributed by atoms with Crippen molar-refractivity contribution in [3.8, 4) is 0 Å². The van der Waals surface area contributed by atoms with Crippen molar-refractivity contribution in [3.05, 3.63) is 48.0 Å². The molecule has 1 saturated carbocycles. The molecule has 6 heteroatoms. The number of carbonyl (C=O) groups is 2. The minimum absolute atomic E-state index is 0.104. The predicted molar refractivity (Wildman–Crippen MR) is 106 cm³/mol. The van der Waals surface area contributed by atoms with Crippen molar-refractivity contribution in [2.24, 2.45) is 5.73 Å². The van der Waals surface area contributed by atoms with Gasteiger partial charge in [0.25, 0.3) is 0 Å². The quantitative estimate of drug-likeness (QED) is 0.517. The third-order valence-electron chi connectivity index (χ3n) is 4.85.